The van der Waals surface area contributed by atoms with Gasteiger partial charge in [-0.05, 0) is 32.4 Å². The van der Waals surface area contributed by atoms with E-state index in [0.717, 1.165) is 11.4 Å². The number of rotatable bonds is 3. The second kappa shape index (κ2) is 5.28. The highest BCUT2D eigenvalue weighted by Gasteiger charge is 2.18. The summed E-state index contributed by atoms with van der Waals surface area (Å²) < 4.78 is 2.15. The van der Waals surface area contributed by atoms with Gasteiger partial charge in [-0.3, -0.25) is 10.2 Å². The fourth-order valence-corrected chi connectivity index (χ4v) is 2.56. The molecule has 0 saturated carbocycles. The van der Waals surface area contributed by atoms with Crippen LogP contribution in [0.1, 0.15) is 40.3 Å². The molecule has 1 heterocycles. The van der Waals surface area contributed by atoms with E-state index >= 15 is 0 Å². The van der Waals surface area contributed by atoms with Gasteiger partial charge in [0.25, 0.3) is 5.91 Å². The van der Waals surface area contributed by atoms with Gasteiger partial charge >= 0.3 is 0 Å². The van der Waals surface area contributed by atoms with Gasteiger partial charge in [-0.2, -0.15) is 0 Å². The first-order valence-electron chi connectivity index (χ1n) is 6.30. The van der Waals surface area contributed by atoms with Crippen LogP contribution in [0, 0.1) is 13.8 Å². The van der Waals surface area contributed by atoms with Crippen LogP contribution in [0.2, 0.25) is 0 Å². The van der Waals surface area contributed by atoms with Crippen molar-refractivity contribution in [3.63, 3.8) is 0 Å². The number of aryl methyl sites for hydroxylation is 1. The van der Waals surface area contributed by atoms with Gasteiger partial charge in [-0.15, -0.1) is 0 Å². The summed E-state index contributed by atoms with van der Waals surface area (Å²) >= 11 is 0. The van der Waals surface area contributed by atoms with Crippen LogP contribution in [0.15, 0.2) is 36.4 Å². The zero-order valence-corrected chi connectivity index (χ0v) is 11.5. The van der Waals surface area contributed by atoms with Crippen LogP contribution in [0.25, 0.3) is 0 Å². The number of hydrogen-bond acceptors (Lipinski definition) is 2. The van der Waals surface area contributed by atoms with Crippen molar-refractivity contribution < 1.29 is 4.79 Å². The Bertz CT molecular complexity index is 587. The summed E-state index contributed by atoms with van der Waals surface area (Å²) in [5.41, 5.74) is 6.00. The first-order chi connectivity index (χ1) is 9.06. The fourth-order valence-electron chi connectivity index (χ4n) is 2.56. The van der Waals surface area contributed by atoms with Crippen molar-refractivity contribution in [2.75, 3.05) is 0 Å². The summed E-state index contributed by atoms with van der Waals surface area (Å²) in [6.45, 7) is 6.07. The molecule has 0 unspecified atom stereocenters. The van der Waals surface area contributed by atoms with Crippen LogP contribution in [0.3, 0.4) is 0 Å². The summed E-state index contributed by atoms with van der Waals surface area (Å²) in [6, 6.07) is 12.3. The number of hydrogen-bond donors (Lipinski definition) is 2. The second-order valence-electron chi connectivity index (χ2n) is 4.71. The smallest absolute Gasteiger partial charge is 0.267 e. The number of nitrogens with zero attached hydrogens (tertiary/aromatic N) is 1. The standard InChI is InChI=1S/C15H19N3O/c1-10-9-14(15(19)17-16)12(3)18(10)11(2)13-7-5-4-6-8-13/h4-9,11H,16H2,1-3H3,(H,17,19)/t11-/m1/s1. The molecule has 0 spiro atoms. The van der Waals surface area contributed by atoms with Crippen molar-refractivity contribution in [2.24, 2.45) is 5.84 Å². The molecular formula is C15H19N3O. The zero-order chi connectivity index (χ0) is 14.0. The molecule has 100 valence electrons. The van der Waals surface area contributed by atoms with Gasteiger partial charge in [0.1, 0.15) is 0 Å². The maximum absolute atomic E-state index is 11.7. The fraction of sp³-hybridized carbons (Fsp3) is 0.267. The minimum atomic E-state index is -0.250. The Labute approximate surface area is 113 Å². The number of benzene rings is 1. The molecule has 1 amide bonds. The molecule has 1 atom stereocenters. The van der Waals surface area contributed by atoms with Gasteiger partial charge in [0, 0.05) is 11.4 Å². The molecule has 0 fully saturated rings. The van der Waals surface area contributed by atoms with Crippen LogP contribution in [0.4, 0.5) is 0 Å². The molecule has 4 heteroatoms. The third kappa shape index (κ3) is 2.39. The molecule has 0 aliphatic rings. The third-order valence-corrected chi connectivity index (χ3v) is 3.53. The first-order valence-corrected chi connectivity index (χ1v) is 6.30. The highest BCUT2D eigenvalue weighted by molar-refractivity contribution is 5.95. The Balaban J connectivity index is 2.46. The zero-order valence-electron chi connectivity index (χ0n) is 11.5. The van der Waals surface area contributed by atoms with Crippen LogP contribution in [-0.4, -0.2) is 10.5 Å². The molecule has 0 saturated heterocycles. The van der Waals surface area contributed by atoms with Gasteiger partial charge in [-0.1, -0.05) is 30.3 Å². The van der Waals surface area contributed by atoms with Crippen LogP contribution < -0.4 is 11.3 Å². The quantitative estimate of drug-likeness (QED) is 0.503. The van der Waals surface area contributed by atoms with E-state index in [1.807, 2.05) is 38.1 Å². The summed E-state index contributed by atoms with van der Waals surface area (Å²) in [5, 5.41) is 0. The Morgan fingerprint density at radius 3 is 2.47 bits per heavy atom. The number of carbonyl (C=O) groups excluding carboxylic acids is 1. The van der Waals surface area contributed by atoms with E-state index in [0.29, 0.717) is 5.56 Å². The van der Waals surface area contributed by atoms with E-state index in [9.17, 15) is 4.79 Å². The number of nitrogens with two attached hydrogens (primary N) is 1. The van der Waals surface area contributed by atoms with Gasteiger partial charge in [0.05, 0.1) is 11.6 Å². The predicted molar refractivity (Wildman–Crippen MR) is 75.8 cm³/mol. The minimum absolute atomic E-state index is 0.181. The molecule has 0 bridgehead atoms. The maximum atomic E-state index is 11.7. The van der Waals surface area contributed by atoms with E-state index in [1.54, 1.807) is 0 Å². The predicted octanol–water partition coefficient (Wildman–Crippen LogP) is 2.32. The van der Waals surface area contributed by atoms with Crippen molar-refractivity contribution in [1.82, 2.24) is 9.99 Å². The normalized spacial score (nSPS) is 12.2. The molecular weight excluding hydrogens is 238 g/mol. The number of hydrazine groups is 1. The van der Waals surface area contributed by atoms with Gasteiger partial charge in [0.2, 0.25) is 0 Å². The maximum Gasteiger partial charge on any atom is 0.267 e. The van der Waals surface area contributed by atoms with E-state index in [-0.39, 0.29) is 11.9 Å². The molecule has 1 aromatic carbocycles. The highest BCUT2D eigenvalue weighted by Crippen LogP contribution is 2.25. The monoisotopic (exact) mass is 257 g/mol. The largest absolute Gasteiger partial charge is 0.341 e. The molecule has 2 rings (SSSR count). The molecule has 19 heavy (non-hydrogen) atoms. The second-order valence-corrected chi connectivity index (χ2v) is 4.71. The number of amides is 1. The molecule has 2 aromatic rings. The van der Waals surface area contributed by atoms with E-state index < -0.39 is 0 Å². The molecule has 0 radical (unpaired) electrons. The lowest BCUT2D eigenvalue weighted by Gasteiger charge is -2.19. The van der Waals surface area contributed by atoms with Crippen molar-refractivity contribution in [1.29, 1.82) is 0 Å². The summed E-state index contributed by atoms with van der Waals surface area (Å²) in [7, 11) is 0. The number of nitrogens with one attached hydrogen (secondary N) is 1. The summed E-state index contributed by atoms with van der Waals surface area (Å²) in [6.07, 6.45) is 0. The van der Waals surface area contributed by atoms with Gasteiger partial charge in [-0.25, -0.2) is 5.84 Å². The van der Waals surface area contributed by atoms with E-state index in [2.05, 4.69) is 29.0 Å². The van der Waals surface area contributed by atoms with Crippen LogP contribution in [0.5, 0.6) is 0 Å². The van der Waals surface area contributed by atoms with Gasteiger partial charge in [0.15, 0.2) is 0 Å². The van der Waals surface area contributed by atoms with Crippen molar-refractivity contribution in [2.45, 2.75) is 26.8 Å². The van der Waals surface area contributed by atoms with Gasteiger partial charge < -0.3 is 4.57 Å². The average molecular weight is 257 g/mol. The molecule has 3 N–H and O–H groups in total. The molecule has 0 aliphatic heterocycles. The molecule has 4 nitrogen and oxygen atoms in total. The Hall–Kier alpha value is -2.07. The lowest BCUT2D eigenvalue weighted by atomic mass is 10.1. The lowest BCUT2D eigenvalue weighted by molar-refractivity contribution is 0.0953. The van der Waals surface area contributed by atoms with E-state index in [4.69, 9.17) is 5.84 Å². The minimum Gasteiger partial charge on any atom is -0.341 e. The number of aromatic nitrogens is 1. The summed E-state index contributed by atoms with van der Waals surface area (Å²) in [5.74, 6) is 4.96. The lowest BCUT2D eigenvalue weighted by Crippen LogP contribution is -2.30. The highest BCUT2D eigenvalue weighted by atomic mass is 16.2. The van der Waals surface area contributed by atoms with Crippen molar-refractivity contribution in [3.05, 3.63) is 58.9 Å². The Morgan fingerprint density at radius 1 is 1.26 bits per heavy atom. The van der Waals surface area contributed by atoms with E-state index in [1.165, 1.54) is 5.56 Å². The summed E-state index contributed by atoms with van der Waals surface area (Å²) in [4.78, 5) is 11.7. The van der Waals surface area contributed by atoms with Crippen LogP contribution in [-0.2, 0) is 0 Å². The number of nitrogen functional groups attached to an aromatic ring is 1. The third-order valence-electron chi connectivity index (χ3n) is 3.53. The van der Waals surface area contributed by atoms with Crippen molar-refractivity contribution >= 4 is 5.91 Å². The SMILES string of the molecule is Cc1cc(C(=O)NN)c(C)n1[C@H](C)c1ccccc1. The Kier molecular flexibility index (Phi) is 3.71. The Morgan fingerprint density at radius 2 is 1.89 bits per heavy atom. The average Bonchev–Trinajstić information content (AvgIpc) is 2.73. The molecule has 0 aliphatic carbocycles. The molecule has 1 aromatic heterocycles. The topological polar surface area (TPSA) is 60.1 Å². The van der Waals surface area contributed by atoms with Crippen molar-refractivity contribution in [3.8, 4) is 0 Å². The first kappa shape index (κ1) is 13.4. The van der Waals surface area contributed by atoms with Crippen LogP contribution >= 0.6 is 0 Å². The number of carbonyl (C=O) groups is 1.